The number of hydrogen-bond donors (Lipinski definition) is 0. The summed E-state index contributed by atoms with van der Waals surface area (Å²) in [5, 5.41) is 7.09. The Labute approximate surface area is 157 Å². The van der Waals surface area contributed by atoms with Crippen LogP contribution in [0.4, 0.5) is 0 Å². The Morgan fingerprint density at radius 1 is 0.731 bits per heavy atom. The van der Waals surface area contributed by atoms with Gasteiger partial charge in [-0.1, -0.05) is 103 Å². The molecule has 0 aliphatic heterocycles. The van der Waals surface area contributed by atoms with Gasteiger partial charge < -0.3 is 0 Å². The van der Waals surface area contributed by atoms with Crippen molar-refractivity contribution >= 4 is 35.5 Å². The van der Waals surface area contributed by atoms with E-state index in [4.69, 9.17) is 0 Å². The smallest absolute Gasteiger partial charge is 0.00732 e. The van der Waals surface area contributed by atoms with Crippen LogP contribution in [0.5, 0.6) is 0 Å². The van der Waals surface area contributed by atoms with Crippen LogP contribution in [0.25, 0.3) is 11.6 Å². The Morgan fingerprint density at radius 2 is 1.38 bits per heavy atom. The first-order valence-electron chi connectivity index (χ1n) is 9.20. The summed E-state index contributed by atoms with van der Waals surface area (Å²) in [7, 11) is -0.573. The highest BCUT2D eigenvalue weighted by Gasteiger charge is 2.18. The molecule has 0 nitrogen and oxygen atoms in total. The lowest BCUT2D eigenvalue weighted by Gasteiger charge is -2.21. The minimum Gasteiger partial charge on any atom is -0.0842 e. The SMILES string of the molecule is C/C1=c2/c(P(c3ccccc3)c3ccccc3)ccc/c2=C/C=C\CC1. The van der Waals surface area contributed by atoms with Crippen LogP contribution >= 0.6 is 7.92 Å². The molecule has 0 atom stereocenters. The fourth-order valence-corrected chi connectivity index (χ4v) is 6.20. The molecule has 0 radical (unpaired) electrons. The molecule has 0 spiro atoms. The van der Waals surface area contributed by atoms with Gasteiger partial charge in [0, 0.05) is 0 Å². The van der Waals surface area contributed by atoms with Crippen molar-refractivity contribution in [3.05, 3.63) is 101 Å². The second kappa shape index (κ2) is 7.85. The maximum atomic E-state index is 2.34. The maximum Gasteiger partial charge on any atom is -0.00732 e. The lowest BCUT2D eigenvalue weighted by atomic mass is 10.0. The molecule has 0 heterocycles. The number of allylic oxidation sites excluding steroid dienone is 2. The lowest BCUT2D eigenvalue weighted by Crippen LogP contribution is -2.42. The summed E-state index contributed by atoms with van der Waals surface area (Å²) in [4.78, 5) is 0. The van der Waals surface area contributed by atoms with Crippen molar-refractivity contribution in [2.45, 2.75) is 19.8 Å². The van der Waals surface area contributed by atoms with Crippen LogP contribution in [0.2, 0.25) is 0 Å². The van der Waals surface area contributed by atoms with Crippen LogP contribution in [-0.4, -0.2) is 0 Å². The van der Waals surface area contributed by atoms with Crippen LogP contribution in [-0.2, 0) is 0 Å². The molecule has 0 amide bonds. The summed E-state index contributed by atoms with van der Waals surface area (Å²) in [6.07, 6.45) is 9.00. The predicted octanol–water partition coefficient (Wildman–Crippen LogP) is 3.75. The van der Waals surface area contributed by atoms with Gasteiger partial charge in [0.1, 0.15) is 0 Å². The first-order chi connectivity index (χ1) is 12.8. The van der Waals surface area contributed by atoms with Crippen LogP contribution < -0.4 is 26.4 Å². The maximum absolute atomic E-state index is 2.34. The van der Waals surface area contributed by atoms with Gasteiger partial charge in [0.2, 0.25) is 0 Å². The summed E-state index contributed by atoms with van der Waals surface area (Å²) in [6, 6.07) is 28.8. The molecule has 0 saturated heterocycles. The van der Waals surface area contributed by atoms with Crippen molar-refractivity contribution in [3.8, 4) is 0 Å². The van der Waals surface area contributed by atoms with Crippen molar-refractivity contribution in [3.63, 3.8) is 0 Å². The number of rotatable bonds is 3. The number of hydrogen-bond acceptors (Lipinski definition) is 0. The zero-order valence-corrected chi connectivity index (χ0v) is 16.0. The lowest BCUT2D eigenvalue weighted by molar-refractivity contribution is 1.05. The van der Waals surface area contributed by atoms with E-state index < -0.39 is 7.92 Å². The minimum atomic E-state index is -0.573. The number of benzene rings is 3. The molecule has 3 aromatic rings. The molecular formula is C25H23P. The van der Waals surface area contributed by atoms with Gasteiger partial charge in [-0.15, -0.1) is 0 Å². The highest BCUT2D eigenvalue weighted by atomic mass is 31.1. The van der Waals surface area contributed by atoms with E-state index >= 15 is 0 Å². The molecule has 4 rings (SSSR count). The van der Waals surface area contributed by atoms with Gasteiger partial charge in [-0.05, 0) is 54.0 Å². The van der Waals surface area contributed by atoms with Crippen LogP contribution in [0.1, 0.15) is 19.8 Å². The second-order valence-electron chi connectivity index (χ2n) is 6.66. The molecule has 0 aromatic heterocycles. The molecule has 0 saturated carbocycles. The third-order valence-corrected chi connectivity index (χ3v) is 7.35. The average molecular weight is 354 g/mol. The van der Waals surface area contributed by atoms with Crippen LogP contribution in [0.3, 0.4) is 0 Å². The first-order valence-corrected chi connectivity index (χ1v) is 10.5. The molecule has 0 fully saturated rings. The van der Waals surface area contributed by atoms with Gasteiger partial charge in [-0.2, -0.15) is 0 Å². The van der Waals surface area contributed by atoms with E-state index in [0.29, 0.717) is 0 Å². The third-order valence-electron chi connectivity index (χ3n) is 4.87. The van der Waals surface area contributed by atoms with Crippen molar-refractivity contribution in [1.29, 1.82) is 0 Å². The summed E-state index contributed by atoms with van der Waals surface area (Å²) in [5.74, 6) is 0. The van der Waals surface area contributed by atoms with E-state index in [9.17, 15) is 0 Å². The third kappa shape index (κ3) is 3.43. The predicted molar refractivity (Wildman–Crippen MR) is 116 cm³/mol. The van der Waals surface area contributed by atoms with E-state index in [2.05, 4.69) is 104 Å². The molecule has 1 aliphatic rings. The Hall–Kier alpha value is -2.43. The largest absolute Gasteiger partial charge is 0.0842 e. The first kappa shape index (κ1) is 17.0. The van der Waals surface area contributed by atoms with Crippen molar-refractivity contribution in [1.82, 2.24) is 0 Å². The molecule has 1 aliphatic carbocycles. The van der Waals surface area contributed by atoms with E-state index in [1.807, 2.05) is 0 Å². The Bertz CT molecular complexity index is 991. The summed E-state index contributed by atoms with van der Waals surface area (Å²) in [6.45, 7) is 2.30. The van der Waals surface area contributed by atoms with Gasteiger partial charge in [0.25, 0.3) is 0 Å². The average Bonchev–Trinajstić information content (AvgIpc) is 2.68. The number of fused-ring (bicyclic) bond motifs is 1. The molecule has 26 heavy (non-hydrogen) atoms. The standard InChI is InChI=1S/C25H23P/c1-20-12-5-2-6-13-21-14-11-19-24(25(20)21)26(22-15-7-3-8-16-22)23-17-9-4-10-18-23/h2-4,6-11,13-19H,5,12H2,1H3/b6-2-,21-13-,25-20-. The zero-order chi connectivity index (χ0) is 17.8. The summed E-state index contributed by atoms with van der Waals surface area (Å²) in [5.41, 5.74) is 1.50. The molecule has 0 N–H and O–H groups in total. The highest BCUT2D eigenvalue weighted by molar-refractivity contribution is 7.79. The summed E-state index contributed by atoms with van der Waals surface area (Å²) < 4.78 is 0. The molecular weight excluding hydrogens is 331 g/mol. The van der Waals surface area contributed by atoms with E-state index in [1.165, 1.54) is 31.9 Å². The van der Waals surface area contributed by atoms with E-state index in [-0.39, 0.29) is 0 Å². The topological polar surface area (TPSA) is 0 Å². The summed E-state index contributed by atoms with van der Waals surface area (Å²) >= 11 is 0. The highest BCUT2D eigenvalue weighted by Crippen LogP contribution is 2.31. The normalized spacial score (nSPS) is 18.3. The molecule has 0 unspecified atom stereocenters. The van der Waals surface area contributed by atoms with Gasteiger partial charge in [-0.3, -0.25) is 0 Å². The minimum absolute atomic E-state index is 0.573. The quantitative estimate of drug-likeness (QED) is 0.629. The zero-order valence-electron chi connectivity index (χ0n) is 15.1. The van der Waals surface area contributed by atoms with Crippen LogP contribution in [0.15, 0.2) is 91.0 Å². The van der Waals surface area contributed by atoms with Crippen molar-refractivity contribution in [2.75, 3.05) is 0 Å². The molecule has 3 aromatic carbocycles. The Balaban J connectivity index is 2.04. The fraction of sp³-hybridized carbons (Fsp3) is 0.120. The molecule has 0 bridgehead atoms. The van der Waals surface area contributed by atoms with Gasteiger partial charge in [0.15, 0.2) is 0 Å². The van der Waals surface area contributed by atoms with Gasteiger partial charge in [0.05, 0.1) is 0 Å². The fourth-order valence-electron chi connectivity index (χ4n) is 3.62. The van der Waals surface area contributed by atoms with Crippen LogP contribution in [0, 0.1) is 0 Å². The van der Waals surface area contributed by atoms with Crippen molar-refractivity contribution < 1.29 is 0 Å². The second-order valence-corrected chi connectivity index (χ2v) is 8.85. The molecule has 128 valence electrons. The monoisotopic (exact) mass is 354 g/mol. The Morgan fingerprint density at radius 3 is 2.04 bits per heavy atom. The van der Waals surface area contributed by atoms with E-state index in [1.54, 1.807) is 0 Å². The molecule has 1 heteroatoms. The van der Waals surface area contributed by atoms with Gasteiger partial charge >= 0.3 is 0 Å². The van der Waals surface area contributed by atoms with Crippen molar-refractivity contribution in [2.24, 2.45) is 0 Å². The van der Waals surface area contributed by atoms with E-state index in [0.717, 1.165) is 12.8 Å². The van der Waals surface area contributed by atoms with Gasteiger partial charge in [-0.25, -0.2) is 0 Å². The Kier molecular flexibility index (Phi) is 5.14.